The van der Waals surface area contributed by atoms with E-state index in [0.717, 1.165) is 28.3 Å². The van der Waals surface area contributed by atoms with Gasteiger partial charge < -0.3 is 20.5 Å². The minimum absolute atomic E-state index is 0.0187. The minimum atomic E-state index is -0.996. The fraction of sp³-hybridized carbons (Fsp3) is 0.200. The fourth-order valence-corrected chi connectivity index (χ4v) is 3.38. The first-order valence-corrected chi connectivity index (χ1v) is 9.85. The smallest absolute Gasteiger partial charge is 0.347 e. The first-order chi connectivity index (χ1) is 13.4. The molecule has 28 heavy (non-hydrogen) atoms. The summed E-state index contributed by atoms with van der Waals surface area (Å²) >= 11 is 7.30. The highest BCUT2D eigenvalue weighted by Crippen LogP contribution is 2.30. The zero-order chi connectivity index (χ0) is 20.1. The lowest BCUT2D eigenvalue weighted by atomic mass is 10.2. The number of ether oxygens (including phenoxy) is 1. The normalized spacial score (nSPS) is 10.7. The summed E-state index contributed by atoms with van der Waals surface area (Å²) in [6.45, 7) is 4.47. The maximum absolute atomic E-state index is 11.0. The number of carboxylic acids is 1. The van der Waals surface area contributed by atoms with Gasteiger partial charge in [-0.2, -0.15) is 0 Å². The Morgan fingerprint density at radius 1 is 1.25 bits per heavy atom. The summed E-state index contributed by atoms with van der Waals surface area (Å²) in [7, 11) is 0. The number of aromatic nitrogens is 1. The molecule has 0 aliphatic carbocycles. The largest absolute Gasteiger partial charge is 0.491 e. The lowest BCUT2D eigenvalue weighted by molar-refractivity contribution is 0.0702. The van der Waals surface area contributed by atoms with Crippen LogP contribution >= 0.6 is 22.9 Å². The zero-order valence-corrected chi connectivity index (χ0v) is 17.0. The molecule has 146 valence electrons. The summed E-state index contributed by atoms with van der Waals surface area (Å²) in [6.07, 6.45) is 1.35. The molecule has 1 aromatic heterocycles. The highest BCUT2D eigenvalue weighted by atomic mass is 35.5. The zero-order valence-electron chi connectivity index (χ0n) is 15.4. The van der Waals surface area contributed by atoms with E-state index in [1.807, 2.05) is 56.3 Å². The monoisotopic (exact) mass is 417 g/mol. The molecule has 0 radical (unpaired) electrons. The standard InChI is InChI=1S/C20H20ClN3O3S/c1-12(2)27-16-8-14(22-10-13-5-3-4-6-17(13)21)7-15(9-16)24-20-23-11-18(28-20)19(25)26/h3-9,11-12,22H,10H2,1-2H3,(H,23,24)(H,25,26). The second-order valence-electron chi connectivity index (χ2n) is 6.32. The van der Waals surface area contributed by atoms with E-state index in [4.69, 9.17) is 21.4 Å². The third-order valence-electron chi connectivity index (χ3n) is 3.69. The number of hydrogen-bond donors (Lipinski definition) is 3. The Hall–Kier alpha value is -2.77. The molecular weight excluding hydrogens is 398 g/mol. The lowest BCUT2D eigenvalue weighted by Crippen LogP contribution is -2.07. The van der Waals surface area contributed by atoms with Crippen LogP contribution in [0.15, 0.2) is 48.7 Å². The average molecular weight is 418 g/mol. The molecule has 3 N–H and O–H groups in total. The Bertz CT molecular complexity index is 975. The molecule has 0 saturated carbocycles. The predicted molar refractivity (Wildman–Crippen MR) is 113 cm³/mol. The van der Waals surface area contributed by atoms with Gasteiger partial charge in [0.25, 0.3) is 0 Å². The second-order valence-corrected chi connectivity index (χ2v) is 7.76. The van der Waals surface area contributed by atoms with Gasteiger partial charge >= 0.3 is 5.97 Å². The van der Waals surface area contributed by atoms with Crippen molar-refractivity contribution in [2.75, 3.05) is 10.6 Å². The van der Waals surface area contributed by atoms with Crippen LogP contribution in [-0.4, -0.2) is 22.2 Å². The number of carboxylic acid groups (broad SMARTS) is 1. The van der Waals surface area contributed by atoms with Gasteiger partial charge in [-0.05, 0) is 31.5 Å². The number of thiazole rings is 1. The molecule has 8 heteroatoms. The SMILES string of the molecule is CC(C)Oc1cc(NCc2ccccc2Cl)cc(Nc2ncc(C(=O)O)s2)c1. The van der Waals surface area contributed by atoms with Crippen molar-refractivity contribution in [3.8, 4) is 5.75 Å². The van der Waals surface area contributed by atoms with E-state index in [0.29, 0.717) is 22.4 Å². The van der Waals surface area contributed by atoms with Gasteiger partial charge in [0.05, 0.1) is 12.3 Å². The van der Waals surface area contributed by atoms with Crippen LogP contribution in [-0.2, 0) is 6.54 Å². The second kappa shape index (κ2) is 8.95. The number of carbonyl (C=O) groups is 1. The van der Waals surface area contributed by atoms with Gasteiger partial charge in [-0.15, -0.1) is 0 Å². The van der Waals surface area contributed by atoms with Crippen molar-refractivity contribution in [2.24, 2.45) is 0 Å². The van der Waals surface area contributed by atoms with E-state index in [1.54, 1.807) is 0 Å². The number of halogens is 1. The molecular formula is C20H20ClN3O3S. The van der Waals surface area contributed by atoms with Crippen molar-refractivity contribution in [2.45, 2.75) is 26.5 Å². The first-order valence-electron chi connectivity index (χ1n) is 8.66. The third-order valence-corrected chi connectivity index (χ3v) is 4.96. The molecule has 0 unspecified atom stereocenters. The molecule has 1 heterocycles. The van der Waals surface area contributed by atoms with Crippen LogP contribution in [0.2, 0.25) is 5.02 Å². The Labute approximate surface area is 172 Å². The van der Waals surface area contributed by atoms with Crippen LogP contribution in [0.25, 0.3) is 0 Å². The summed E-state index contributed by atoms with van der Waals surface area (Å²) in [4.78, 5) is 15.3. The Morgan fingerprint density at radius 3 is 2.68 bits per heavy atom. The lowest BCUT2D eigenvalue weighted by Gasteiger charge is -2.15. The minimum Gasteiger partial charge on any atom is -0.491 e. The van der Waals surface area contributed by atoms with E-state index in [9.17, 15) is 4.79 Å². The summed E-state index contributed by atoms with van der Waals surface area (Å²) < 4.78 is 5.84. The van der Waals surface area contributed by atoms with Gasteiger partial charge in [0.2, 0.25) is 0 Å². The first kappa shape index (κ1) is 20.0. The highest BCUT2D eigenvalue weighted by Gasteiger charge is 2.10. The molecule has 0 aliphatic rings. The molecule has 3 rings (SSSR count). The van der Waals surface area contributed by atoms with E-state index in [-0.39, 0.29) is 11.0 Å². The van der Waals surface area contributed by atoms with E-state index < -0.39 is 5.97 Å². The van der Waals surface area contributed by atoms with E-state index in [1.165, 1.54) is 6.20 Å². The summed E-state index contributed by atoms with van der Waals surface area (Å²) in [5, 5.41) is 16.7. The van der Waals surface area contributed by atoms with Gasteiger partial charge in [0, 0.05) is 35.1 Å². The highest BCUT2D eigenvalue weighted by molar-refractivity contribution is 7.17. The number of hydrogen-bond acceptors (Lipinski definition) is 6. The van der Waals surface area contributed by atoms with Gasteiger partial charge in [0.1, 0.15) is 10.6 Å². The Morgan fingerprint density at radius 2 is 2.00 bits per heavy atom. The fourth-order valence-electron chi connectivity index (χ4n) is 2.51. The molecule has 6 nitrogen and oxygen atoms in total. The summed E-state index contributed by atoms with van der Waals surface area (Å²) in [6, 6.07) is 13.3. The van der Waals surface area contributed by atoms with Crippen LogP contribution in [0.5, 0.6) is 5.75 Å². The van der Waals surface area contributed by atoms with Crippen molar-refractivity contribution >= 4 is 45.4 Å². The maximum atomic E-state index is 11.0. The molecule has 0 saturated heterocycles. The average Bonchev–Trinajstić information content (AvgIpc) is 3.09. The number of aromatic carboxylic acids is 1. The molecule has 0 fully saturated rings. The van der Waals surface area contributed by atoms with Crippen LogP contribution in [0, 0.1) is 0 Å². The van der Waals surface area contributed by atoms with Crippen LogP contribution in [0.3, 0.4) is 0 Å². The third kappa shape index (κ3) is 5.37. The van der Waals surface area contributed by atoms with Crippen molar-refractivity contribution in [3.63, 3.8) is 0 Å². The van der Waals surface area contributed by atoms with Crippen molar-refractivity contribution in [1.29, 1.82) is 0 Å². The molecule has 3 aromatic rings. The van der Waals surface area contributed by atoms with E-state index >= 15 is 0 Å². The molecule has 0 amide bonds. The van der Waals surface area contributed by atoms with Crippen LogP contribution < -0.4 is 15.4 Å². The number of anilines is 3. The molecule has 0 aliphatic heterocycles. The molecule has 0 spiro atoms. The number of benzene rings is 2. The molecule has 0 atom stereocenters. The van der Waals surface area contributed by atoms with Crippen LogP contribution in [0.4, 0.5) is 16.5 Å². The van der Waals surface area contributed by atoms with Crippen molar-refractivity contribution in [1.82, 2.24) is 4.98 Å². The van der Waals surface area contributed by atoms with E-state index in [2.05, 4.69) is 15.6 Å². The maximum Gasteiger partial charge on any atom is 0.347 e. The predicted octanol–water partition coefficient (Wildman–Crippen LogP) is 5.64. The van der Waals surface area contributed by atoms with Crippen LogP contribution in [0.1, 0.15) is 29.1 Å². The van der Waals surface area contributed by atoms with Gasteiger partial charge in [-0.3, -0.25) is 0 Å². The van der Waals surface area contributed by atoms with Gasteiger partial charge in [0.15, 0.2) is 5.13 Å². The quantitative estimate of drug-likeness (QED) is 0.440. The van der Waals surface area contributed by atoms with Gasteiger partial charge in [-0.1, -0.05) is 41.1 Å². The number of rotatable bonds is 8. The van der Waals surface area contributed by atoms with Crippen molar-refractivity contribution < 1.29 is 14.6 Å². The summed E-state index contributed by atoms with van der Waals surface area (Å²) in [5.41, 5.74) is 2.57. The molecule has 0 bridgehead atoms. The van der Waals surface area contributed by atoms with Crippen molar-refractivity contribution in [3.05, 3.63) is 64.1 Å². The number of nitrogens with one attached hydrogen (secondary N) is 2. The Kier molecular flexibility index (Phi) is 6.38. The summed E-state index contributed by atoms with van der Waals surface area (Å²) in [5.74, 6) is -0.304. The Balaban J connectivity index is 1.81. The molecule has 2 aromatic carbocycles. The number of nitrogens with zero attached hydrogens (tertiary/aromatic N) is 1. The topological polar surface area (TPSA) is 83.5 Å². The van der Waals surface area contributed by atoms with Gasteiger partial charge in [-0.25, -0.2) is 9.78 Å².